The van der Waals surface area contributed by atoms with E-state index >= 15 is 0 Å². The Bertz CT molecular complexity index is 320. The molecule has 0 saturated carbocycles. The van der Waals surface area contributed by atoms with Crippen molar-refractivity contribution in [1.82, 2.24) is 4.98 Å². The van der Waals surface area contributed by atoms with Crippen molar-refractivity contribution in [1.29, 1.82) is 0 Å². The maximum atomic E-state index is 10.4. The lowest BCUT2D eigenvalue weighted by molar-refractivity contribution is -0.140. The average Bonchev–Trinajstić information content (AvgIpc) is 2.15. The Morgan fingerprint density at radius 2 is 2.31 bits per heavy atom. The van der Waals surface area contributed by atoms with E-state index in [0.717, 1.165) is 5.56 Å². The van der Waals surface area contributed by atoms with Crippen LogP contribution in [-0.2, 0) is 9.63 Å². The molecule has 1 rings (SSSR count). The summed E-state index contributed by atoms with van der Waals surface area (Å²) in [6.45, 7) is 3.06. The van der Waals surface area contributed by atoms with E-state index < -0.39 is 5.97 Å². The van der Waals surface area contributed by atoms with Crippen molar-refractivity contribution in [2.75, 3.05) is 0 Å². The maximum absolute atomic E-state index is 10.4. The molecule has 68 valence electrons. The molecule has 0 fully saturated rings. The van der Waals surface area contributed by atoms with E-state index in [2.05, 4.69) is 15.0 Å². The molecule has 0 atom stereocenters. The van der Waals surface area contributed by atoms with E-state index in [1.807, 2.05) is 6.07 Å². The molecule has 0 aliphatic heterocycles. The van der Waals surface area contributed by atoms with Gasteiger partial charge in [-0.05, 0) is 19.1 Å². The molecule has 0 aliphatic rings. The summed E-state index contributed by atoms with van der Waals surface area (Å²) >= 11 is 0. The monoisotopic (exact) mass is 178 g/mol. The Balaban J connectivity index is 2.73. The summed E-state index contributed by atoms with van der Waals surface area (Å²) in [7, 11) is 0. The standard InChI is InChI=1S/C9H10N2O2/c1-7(11-13-8(2)12)9-4-3-5-10-6-9/h3-6H,1-2H3/b11-7-. The Kier molecular flexibility index (Phi) is 3.14. The number of oxime groups is 1. The number of carbonyl (C=O) groups excluding carboxylic acids is 1. The van der Waals surface area contributed by atoms with Gasteiger partial charge < -0.3 is 4.84 Å². The zero-order chi connectivity index (χ0) is 9.68. The first-order valence-corrected chi connectivity index (χ1v) is 3.82. The molecule has 1 aromatic rings. The molecule has 0 bridgehead atoms. The minimum atomic E-state index is -0.428. The Morgan fingerprint density at radius 1 is 1.54 bits per heavy atom. The van der Waals surface area contributed by atoms with Gasteiger partial charge in [-0.25, -0.2) is 4.79 Å². The predicted octanol–water partition coefficient (Wildman–Crippen LogP) is 1.37. The third-order valence-corrected chi connectivity index (χ3v) is 1.39. The fourth-order valence-corrected chi connectivity index (χ4v) is 0.762. The Morgan fingerprint density at radius 3 is 2.85 bits per heavy atom. The van der Waals surface area contributed by atoms with Gasteiger partial charge >= 0.3 is 5.97 Å². The van der Waals surface area contributed by atoms with Crippen molar-refractivity contribution < 1.29 is 9.63 Å². The number of hydrogen-bond donors (Lipinski definition) is 0. The van der Waals surface area contributed by atoms with E-state index in [1.54, 1.807) is 25.4 Å². The van der Waals surface area contributed by atoms with Gasteiger partial charge in [0.15, 0.2) is 0 Å². The lowest BCUT2D eigenvalue weighted by atomic mass is 10.2. The Hall–Kier alpha value is -1.71. The number of pyridine rings is 1. The average molecular weight is 178 g/mol. The largest absolute Gasteiger partial charge is 0.331 e. The number of rotatable bonds is 2. The van der Waals surface area contributed by atoms with Crippen LogP contribution in [0.15, 0.2) is 29.7 Å². The fourth-order valence-electron chi connectivity index (χ4n) is 0.762. The summed E-state index contributed by atoms with van der Waals surface area (Å²) in [6, 6.07) is 3.64. The summed E-state index contributed by atoms with van der Waals surface area (Å²) in [5.41, 5.74) is 1.46. The molecule has 4 nitrogen and oxygen atoms in total. The minimum absolute atomic E-state index is 0.428. The molecule has 1 heterocycles. The summed E-state index contributed by atoms with van der Waals surface area (Å²) < 4.78 is 0. The van der Waals surface area contributed by atoms with Crippen LogP contribution in [0.5, 0.6) is 0 Å². The van der Waals surface area contributed by atoms with E-state index in [4.69, 9.17) is 0 Å². The fraction of sp³-hybridized carbons (Fsp3) is 0.222. The number of nitrogens with zero attached hydrogens (tertiary/aromatic N) is 2. The van der Waals surface area contributed by atoms with Crippen LogP contribution in [0, 0.1) is 0 Å². The van der Waals surface area contributed by atoms with Crippen LogP contribution < -0.4 is 0 Å². The highest BCUT2D eigenvalue weighted by Crippen LogP contribution is 1.98. The molecule has 0 aromatic carbocycles. The second kappa shape index (κ2) is 4.35. The number of hydrogen-bond acceptors (Lipinski definition) is 4. The highest BCUT2D eigenvalue weighted by molar-refractivity contribution is 5.98. The SMILES string of the molecule is CC(=O)O/N=C(/C)c1cccnc1. The van der Waals surface area contributed by atoms with Crippen LogP contribution >= 0.6 is 0 Å². The maximum Gasteiger partial charge on any atom is 0.331 e. The molecule has 13 heavy (non-hydrogen) atoms. The summed E-state index contributed by atoms with van der Waals surface area (Å²) in [5, 5.41) is 3.62. The van der Waals surface area contributed by atoms with Gasteiger partial charge in [0.2, 0.25) is 0 Å². The van der Waals surface area contributed by atoms with Crippen LogP contribution in [0.25, 0.3) is 0 Å². The van der Waals surface area contributed by atoms with E-state index in [-0.39, 0.29) is 0 Å². The van der Waals surface area contributed by atoms with Crippen molar-refractivity contribution in [3.05, 3.63) is 30.1 Å². The smallest absolute Gasteiger partial charge is 0.318 e. The van der Waals surface area contributed by atoms with Crippen LogP contribution in [0.4, 0.5) is 0 Å². The van der Waals surface area contributed by atoms with Gasteiger partial charge in [-0.15, -0.1) is 0 Å². The third kappa shape index (κ3) is 3.02. The van der Waals surface area contributed by atoms with Crippen LogP contribution in [0.3, 0.4) is 0 Å². The highest BCUT2D eigenvalue weighted by atomic mass is 16.7. The van der Waals surface area contributed by atoms with E-state index in [1.165, 1.54) is 6.92 Å². The summed E-state index contributed by atoms with van der Waals surface area (Å²) in [6.07, 6.45) is 3.32. The lowest BCUT2D eigenvalue weighted by Crippen LogP contribution is -1.99. The van der Waals surface area contributed by atoms with Crippen molar-refractivity contribution in [3.8, 4) is 0 Å². The van der Waals surface area contributed by atoms with Gasteiger partial charge in [-0.1, -0.05) is 5.16 Å². The molecular formula is C9H10N2O2. The second-order valence-electron chi connectivity index (χ2n) is 2.50. The van der Waals surface area contributed by atoms with Crippen molar-refractivity contribution in [2.45, 2.75) is 13.8 Å². The summed E-state index contributed by atoms with van der Waals surface area (Å²) in [4.78, 5) is 18.8. The quantitative estimate of drug-likeness (QED) is 0.390. The van der Waals surface area contributed by atoms with Crippen LogP contribution in [0.2, 0.25) is 0 Å². The van der Waals surface area contributed by atoms with Gasteiger partial charge in [-0.3, -0.25) is 4.98 Å². The molecule has 0 amide bonds. The van der Waals surface area contributed by atoms with Crippen molar-refractivity contribution in [3.63, 3.8) is 0 Å². The number of aromatic nitrogens is 1. The molecule has 4 heteroatoms. The molecular weight excluding hydrogens is 168 g/mol. The normalized spacial score (nSPS) is 11.1. The minimum Gasteiger partial charge on any atom is -0.318 e. The Labute approximate surface area is 76.2 Å². The van der Waals surface area contributed by atoms with Gasteiger partial charge in [0.25, 0.3) is 0 Å². The molecule has 0 aliphatic carbocycles. The summed E-state index contributed by atoms with van der Waals surface area (Å²) in [5.74, 6) is -0.428. The highest BCUT2D eigenvalue weighted by Gasteiger charge is 1.97. The molecule has 0 spiro atoms. The first-order chi connectivity index (χ1) is 6.20. The molecule has 1 aromatic heterocycles. The van der Waals surface area contributed by atoms with Gasteiger partial charge in [0.05, 0.1) is 5.71 Å². The van der Waals surface area contributed by atoms with E-state index in [0.29, 0.717) is 5.71 Å². The van der Waals surface area contributed by atoms with Crippen molar-refractivity contribution >= 4 is 11.7 Å². The molecule has 0 N–H and O–H groups in total. The van der Waals surface area contributed by atoms with Crippen molar-refractivity contribution in [2.24, 2.45) is 5.16 Å². The zero-order valence-corrected chi connectivity index (χ0v) is 7.52. The third-order valence-electron chi connectivity index (χ3n) is 1.39. The second-order valence-corrected chi connectivity index (χ2v) is 2.50. The number of carbonyl (C=O) groups is 1. The first kappa shape index (κ1) is 9.38. The van der Waals surface area contributed by atoms with Gasteiger partial charge in [0, 0.05) is 24.9 Å². The molecule has 0 unspecified atom stereocenters. The first-order valence-electron chi connectivity index (χ1n) is 3.82. The predicted molar refractivity (Wildman–Crippen MR) is 48.2 cm³/mol. The lowest BCUT2D eigenvalue weighted by Gasteiger charge is -1.97. The van der Waals surface area contributed by atoms with E-state index in [9.17, 15) is 4.79 Å². The topological polar surface area (TPSA) is 51.5 Å². The molecule has 0 radical (unpaired) electrons. The van der Waals surface area contributed by atoms with Crippen LogP contribution in [0.1, 0.15) is 19.4 Å². The molecule has 0 saturated heterocycles. The van der Waals surface area contributed by atoms with Gasteiger partial charge in [-0.2, -0.15) is 0 Å². The van der Waals surface area contributed by atoms with Gasteiger partial charge in [0.1, 0.15) is 0 Å². The van der Waals surface area contributed by atoms with Crippen LogP contribution in [-0.4, -0.2) is 16.7 Å². The zero-order valence-electron chi connectivity index (χ0n) is 7.52.